The topological polar surface area (TPSA) is 94.1 Å². The molecule has 0 aliphatic rings. The fraction of sp³-hybridized carbons (Fsp3) is 0.391. The van der Waals surface area contributed by atoms with Gasteiger partial charge in [-0.25, -0.2) is 4.79 Å². The van der Waals surface area contributed by atoms with Crippen molar-refractivity contribution in [2.75, 3.05) is 13.7 Å². The van der Waals surface area contributed by atoms with Crippen molar-refractivity contribution in [1.29, 1.82) is 0 Å². The summed E-state index contributed by atoms with van der Waals surface area (Å²) < 4.78 is 15.7. The molecule has 1 atom stereocenters. The normalized spacial score (nSPS) is 12.2. The fourth-order valence-corrected chi connectivity index (χ4v) is 2.60. The molecule has 0 aliphatic carbocycles. The van der Waals surface area contributed by atoms with Crippen LogP contribution in [0.15, 0.2) is 42.5 Å². The summed E-state index contributed by atoms with van der Waals surface area (Å²) in [6, 6.07) is 11.5. The van der Waals surface area contributed by atoms with E-state index in [4.69, 9.17) is 14.2 Å². The maximum absolute atomic E-state index is 12.5. The predicted octanol–water partition coefficient (Wildman–Crippen LogP) is 3.40. The Hall–Kier alpha value is -2.90. The Morgan fingerprint density at radius 3 is 2.33 bits per heavy atom. The molecule has 7 heteroatoms. The second-order valence-electron chi connectivity index (χ2n) is 7.91. The zero-order chi connectivity index (χ0) is 22.3. The van der Waals surface area contributed by atoms with Crippen LogP contribution < -0.4 is 14.8 Å². The van der Waals surface area contributed by atoms with E-state index < -0.39 is 18.0 Å². The summed E-state index contributed by atoms with van der Waals surface area (Å²) >= 11 is 0. The van der Waals surface area contributed by atoms with E-state index in [2.05, 4.69) is 5.32 Å². The van der Waals surface area contributed by atoms with Gasteiger partial charge in [0.15, 0.2) is 0 Å². The molecule has 2 aromatic rings. The third-order valence-electron chi connectivity index (χ3n) is 4.25. The van der Waals surface area contributed by atoms with E-state index in [-0.39, 0.29) is 17.9 Å². The number of hydrogen-bond donors (Lipinski definition) is 2. The average Bonchev–Trinajstić information content (AvgIpc) is 2.70. The van der Waals surface area contributed by atoms with E-state index in [0.717, 1.165) is 0 Å². The first-order valence-electron chi connectivity index (χ1n) is 9.64. The number of rotatable bonds is 8. The molecule has 0 aliphatic heterocycles. The van der Waals surface area contributed by atoms with Crippen molar-refractivity contribution < 1.29 is 28.9 Å². The molecule has 0 aromatic heterocycles. The number of β-amino-alcohol motifs (C(OH)–C–C–N with tert-alkyl or cyclic N) is 1. The SMILES string of the molecule is COc1ccc(C(=O)Oc2ccc(C(O)CNC(C)(C)C)cc2COC(C)=O)cc1. The molecule has 0 spiro atoms. The number of carbonyl (C=O) groups is 2. The largest absolute Gasteiger partial charge is 0.497 e. The van der Waals surface area contributed by atoms with Crippen LogP contribution in [0.2, 0.25) is 0 Å². The van der Waals surface area contributed by atoms with Gasteiger partial charge in [-0.15, -0.1) is 0 Å². The van der Waals surface area contributed by atoms with Gasteiger partial charge in [-0.3, -0.25) is 4.79 Å². The van der Waals surface area contributed by atoms with Gasteiger partial charge >= 0.3 is 11.9 Å². The summed E-state index contributed by atoms with van der Waals surface area (Å²) in [6.45, 7) is 7.60. The van der Waals surface area contributed by atoms with Gasteiger partial charge in [0, 0.05) is 24.6 Å². The van der Waals surface area contributed by atoms with E-state index >= 15 is 0 Å². The highest BCUT2D eigenvalue weighted by atomic mass is 16.5. The van der Waals surface area contributed by atoms with E-state index in [1.54, 1.807) is 49.6 Å². The van der Waals surface area contributed by atoms with Gasteiger partial charge in [-0.2, -0.15) is 0 Å². The third-order valence-corrected chi connectivity index (χ3v) is 4.25. The van der Waals surface area contributed by atoms with E-state index in [1.807, 2.05) is 20.8 Å². The van der Waals surface area contributed by atoms with Crippen molar-refractivity contribution in [3.8, 4) is 11.5 Å². The maximum Gasteiger partial charge on any atom is 0.343 e. The summed E-state index contributed by atoms with van der Waals surface area (Å²) in [6.07, 6.45) is -0.772. The standard InChI is InChI=1S/C23H29NO6/c1-15(25)29-14-18-12-17(20(26)13-24-23(2,3)4)8-11-21(18)30-22(27)16-6-9-19(28-5)10-7-16/h6-12,20,24,26H,13-14H2,1-5H3. The van der Waals surface area contributed by atoms with Crippen LogP contribution in [-0.4, -0.2) is 36.2 Å². The van der Waals surface area contributed by atoms with Crippen molar-refractivity contribution in [1.82, 2.24) is 5.32 Å². The van der Waals surface area contributed by atoms with Crippen molar-refractivity contribution in [2.45, 2.75) is 45.9 Å². The summed E-state index contributed by atoms with van der Waals surface area (Å²) in [5, 5.41) is 13.7. The highest BCUT2D eigenvalue weighted by Crippen LogP contribution is 2.26. The van der Waals surface area contributed by atoms with E-state index in [0.29, 0.717) is 29.0 Å². The minimum atomic E-state index is -0.772. The summed E-state index contributed by atoms with van der Waals surface area (Å²) in [7, 11) is 1.54. The lowest BCUT2D eigenvalue weighted by atomic mass is 10.0. The number of carbonyl (C=O) groups excluding carboxylic acids is 2. The van der Waals surface area contributed by atoms with Crippen LogP contribution in [0.3, 0.4) is 0 Å². The van der Waals surface area contributed by atoms with Crippen LogP contribution in [0.25, 0.3) is 0 Å². The smallest absolute Gasteiger partial charge is 0.343 e. The molecule has 162 valence electrons. The van der Waals surface area contributed by atoms with Gasteiger partial charge in [0.25, 0.3) is 0 Å². The molecule has 0 saturated heterocycles. The van der Waals surface area contributed by atoms with Gasteiger partial charge in [0.05, 0.1) is 18.8 Å². The molecule has 0 amide bonds. The molecule has 2 N–H and O–H groups in total. The van der Waals surface area contributed by atoms with E-state index in [1.165, 1.54) is 6.92 Å². The Labute approximate surface area is 177 Å². The monoisotopic (exact) mass is 415 g/mol. The lowest BCUT2D eigenvalue weighted by Gasteiger charge is -2.23. The number of aliphatic hydroxyl groups is 1. The average molecular weight is 415 g/mol. The number of hydrogen-bond acceptors (Lipinski definition) is 7. The fourth-order valence-electron chi connectivity index (χ4n) is 2.60. The zero-order valence-corrected chi connectivity index (χ0v) is 18.0. The number of benzene rings is 2. The second kappa shape index (κ2) is 10.2. The number of esters is 2. The van der Waals surface area contributed by atoms with Crippen LogP contribution in [0, 0.1) is 0 Å². The van der Waals surface area contributed by atoms with Gasteiger partial charge in [-0.05, 0) is 62.7 Å². The number of methoxy groups -OCH3 is 1. The molecule has 30 heavy (non-hydrogen) atoms. The minimum absolute atomic E-state index is 0.0756. The first-order valence-corrected chi connectivity index (χ1v) is 9.64. The highest BCUT2D eigenvalue weighted by Gasteiger charge is 2.18. The van der Waals surface area contributed by atoms with Crippen molar-refractivity contribution >= 4 is 11.9 Å². The molecular weight excluding hydrogens is 386 g/mol. The predicted molar refractivity (Wildman–Crippen MR) is 113 cm³/mol. The maximum atomic E-state index is 12.5. The molecule has 1 unspecified atom stereocenters. The third kappa shape index (κ3) is 7.17. The van der Waals surface area contributed by atoms with Crippen LogP contribution in [0.5, 0.6) is 11.5 Å². The van der Waals surface area contributed by atoms with E-state index in [9.17, 15) is 14.7 Å². The zero-order valence-electron chi connectivity index (χ0n) is 18.0. The van der Waals surface area contributed by atoms with Gasteiger partial charge in [0.1, 0.15) is 18.1 Å². The summed E-state index contributed by atoms with van der Waals surface area (Å²) in [5.74, 6) is -0.117. The Morgan fingerprint density at radius 1 is 1.10 bits per heavy atom. The Morgan fingerprint density at radius 2 is 1.77 bits per heavy atom. The lowest BCUT2D eigenvalue weighted by Crippen LogP contribution is -2.38. The number of nitrogens with one attached hydrogen (secondary N) is 1. The Kier molecular flexibility index (Phi) is 7.97. The highest BCUT2D eigenvalue weighted by molar-refractivity contribution is 5.91. The molecular formula is C23H29NO6. The molecule has 2 aromatic carbocycles. The molecule has 0 fully saturated rings. The van der Waals surface area contributed by atoms with Gasteiger partial charge in [-0.1, -0.05) is 6.07 Å². The minimum Gasteiger partial charge on any atom is -0.497 e. The van der Waals surface area contributed by atoms with Crippen LogP contribution in [0.1, 0.15) is 55.3 Å². The summed E-state index contributed by atoms with van der Waals surface area (Å²) in [4.78, 5) is 23.8. The van der Waals surface area contributed by atoms with Gasteiger partial charge < -0.3 is 24.6 Å². The lowest BCUT2D eigenvalue weighted by molar-refractivity contribution is -0.142. The molecule has 0 saturated carbocycles. The molecule has 0 radical (unpaired) electrons. The first kappa shape index (κ1) is 23.4. The molecule has 0 heterocycles. The summed E-state index contributed by atoms with van der Waals surface area (Å²) in [5.41, 5.74) is 1.32. The molecule has 0 bridgehead atoms. The molecule has 2 rings (SSSR count). The second-order valence-corrected chi connectivity index (χ2v) is 7.91. The van der Waals surface area contributed by atoms with Crippen molar-refractivity contribution in [3.05, 3.63) is 59.2 Å². The van der Waals surface area contributed by atoms with Crippen LogP contribution in [-0.2, 0) is 16.1 Å². The number of aliphatic hydroxyl groups excluding tert-OH is 1. The molecule has 7 nitrogen and oxygen atoms in total. The Bertz CT molecular complexity index is 870. The first-order chi connectivity index (χ1) is 14.1. The quantitative estimate of drug-likeness (QED) is 0.504. The number of ether oxygens (including phenoxy) is 3. The van der Waals surface area contributed by atoms with Crippen LogP contribution in [0.4, 0.5) is 0 Å². The van der Waals surface area contributed by atoms with Crippen LogP contribution >= 0.6 is 0 Å². The Balaban J connectivity index is 2.21. The van der Waals surface area contributed by atoms with Gasteiger partial charge in [0.2, 0.25) is 0 Å². The van der Waals surface area contributed by atoms with Crippen molar-refractivity contribution in [3.63, 3.8) is 0 Å². The van der Waals surface area contributed by atoms with Crippen molar-refractivity contribution in [2.24, 2.45) is 0 Å².